The summed E-state index contributed by atoms with van der Waals surface area (Å²) in [5.41, 5.74) is 0. The third-order valence-electron chi connectivity index (χ3n) is 3.30. The molecule has 0 aromatic heterocycles. The van der Waals surface area contributed by atoms with Crippen LogP contribution in [0.2, 0.25) is 0 Å². The van der Waals surface area contributed by atoms with Crippen LogP contribution in [-0.4, -0.2) is 32.1 Å². The maximum Gasteiger partial charge on any atom is 0.157 e. The second-order valence-corrected chi connectivity index (χ2v) is 4.60. The third-order valence-corrected chi connectivity index (χ3v) is 3.30. The Morgan fingerprint density at radius 3 is 2.93 bits per heavy atom. The number of hydrogen-bond donors (Lipinski definition) is 1. The highest BCUT2D eigenvalue weighted by atomic mass is 16.7. The van der Waals surface area contributed by atoms with Gasteiger partial charge < -0.3 is 14.8 Å². The molecule has 1 N–H and O–H groups in total. The minimum atomic E-state index is 0.0929. The summed E-state index contributed by atoms with van der Waals surface area (Å²) >= 11 is 0. The van der Waals surface area contributed by atoms with Gasteiger partial charge in [-0.05, 0) is 51.5 Å². The van der Waals surface area contributed by atoms with Crippen LogP contribution in [0.5, 0.6) is 0 Å². The van der Waals surface area contributed by atoms with Crippen LogP contribution in [0.3, 0.4) is 0 Å². The van der Waals surface area contributed by atoms with Crippen molar-refractivity contribution >= 4 is 0 Å². The monoisotopic (exact) mass is 213 g/mol. The van der Waals surface area contributed by atoms with E-state index >= 15 is 0 Å². The first-order valence-corrected chi connectivity index (χ1v) is 6.42. The fraction of sp³-hybridized carbons (Fsp3) is 1.00. The molecule has 3 heteroatoms. The Bertz CT molecular complexity index is 163. The summed E-state index contributed by atoms with van der Waals surface area (Å²) in [6.07, 6.45) is 8.75. The summed E-state index contributed by atoms with van der Waals surface area (Å²) in [4.78, 5) is 0. The van der Waals surface area contributed by atoms with E-state index in [0.29, 0.717) is 0 Å². The summed E-state index contributed by atoms with van der Waals surface area (Å²) in [5.74, 6) is 0. The van der Waals surface area contributed by atoms with E-state index < -0.39 is 0 Å². The molecule has 2 rings (SSSR count). The summed E-state index contributed by atoms with van der Waals surface area (Å²) in [5, 5.41) is 3.51. The van der Waals surface area contributed by atoms with Gasteiger partial charge in [-0.3, -0.25) is 0 Å². The lowest BCUT2D eigenvalue weighted by Crippen LogP contribution is -2.24. The van der Waals surface area contributed by atoms with Crippen molar-refractivity contribution in [1.29, 1.82) is 0 Å². The first kappa shape index (κ1) is 11.4. The first-order valence-electron chi connectivity index (χ1n) is 6.42. The molecule has 3 nitrogen and oxygen atoms in total. The molecule has 0 amide bonds. The summed E-state index contributed by atoms with van der Waals surface area (Å²) < 4.78 is 11.2. The van der Waals surface area contributed by atoms with Crippen molar-refractivity contribution in [3.8, 4) is 0 Å². The fourth-order valence-corrected chi connectivity index (χ4v) is 2.39. The Hall–Kier alpha value is -0.120. The molecule has 2 aliphatic rings. The molecule has 2 saturated heterocycles. The molecule has 88 valence electrons. The second-order valence-electron chi connectivity index (χ2n) is 4.60. The molecule has 2 unspecified atom stereocenters. The minimum Gasteiger partial charge on any atom is -0.353 e. The van der Waals surface area contributed by atoms with Gasteiger partial charge in [0.15, 0.2) is 6.29 Å². The Balaban J connectivity index is 1.47. The first-order chi connectivity index (χ1) is 7.45. The molecule has 15 heavy (non-hydrogen) atoms. The predicted molar refractivity (Wildman–Crippen MR) is 59.8 cm³/mol. The topological polar surface area (TPSA) is 30.5 Å². The lowest BCUT2D eigenvalue weighted by molar-refractivity contribution is -0.162. The molecule has 0 aromatic rings. The highest BCUT2D eigenvalue weighted by Crippen LogP contribution is 2.15. The van der Waals surface area contributed by atoms with E-state index in [-0.39, 0.29) is 6.29 Å². The molecule has 2 aliphatic heterocycles. The van der Waals surface area contributed by atoms with Crippen molar-refractivity contribution in [2.24, 2.45) is 0 Å². The lowest BCUT2D eigenvalue weighted by Gasteiger charge is -2.22. The van der Waals surface area contributed by atoms with E-state index in [1.54, 1.807) is 0 Å². The van der Waals surface area contributed by atoms with E-state index in [0.717, 1.165) is 32.1 Å². The number of rotatable bonds is 5. The summed E-state index contributed by atoms with van der Waals surface area (Å²) in [6, 6.07) is 0.751. The van der Waals surface area contributed by atoms with Gasteiger partial charge in [-0.1, -0.05) is 0 Å². The second kappa shape index (κ2) is 6.46. The Morgan fingerprint density at radius 1 is 1.20 bits per heavy atom. The van der Waals surface area contributed by atoms with Crippen LogP contribution in [0, 0.1) is 0 Å². The van der Waals surface area contributed by atoms with Gasteiger partial charge in [0, 0.05) is 19.3 Å². The Morgan fingerprint density at radius 2 is 2.20 bits per heavy atom. The number of ether oxygens (including phenoxy) is 2. The quantitative estimate of drug-likeness (QED) is 0.709. The van der Waals surface area contributed by atoms with E-state index in [9.17, 15) is 0 Å². The van der Waals surface area contributed by atoms with Gasteiger partial charge in [0.05, 0.1) is 0 Å². The normalized spacial score (nSPS) is 32.0. The highest BCUT2D eigenvalue weighted by Gasteiger charge is 2.15. The molecular formula is C12H23NO2. The van der Waals surface area contributed by atoms with Gasteiger partial charge >= 0.3 is 0 Å². The van der Waals surface area contributed by atoms with Crippen molar-refractivity contribution in [1.82, 2.24) is 5.32 Å². The molecule has 0 aliphatic carbocycles. The van der Waals surface area contributed by atoms with Gasteiger partial charge in [-0.25, -0.2) is 0 Å². The smallest absolute Gasteiger partial charge is 0.157 e. The van der Waals surface area contributed by atoms with E-state index in [1.807, 2.05) is 0 Å². The standard InChI is InChI=1S/C12H23NO2/c1-2-9-14-12(7-1)15-10-4-6-11-5-3-8-13-11/h11-13H,1-10H2. The van der Waals surface area contributed by atoms with Crippen molar-refractivity contribution in [2.75, 3.05) is 19.8 Å². The lowest BCUT2D eigenvalue weighted by atomic mass is 10.1. The average molecular weight is 213 g/mol. The van der Waals surface area contributed by atoms with E-state index in [4.69, 9.17) is 9.47 Å². The zero-order valence-electron chi connectivity index (χ0n) is 9.54. The molecule has 0 spiro atoms. The van der Waals surface area contributed by atoms with Gasteiger partial charge in [-0.15, -0.1) is 0 Å². The zero-order chi connectivity index (χ0) is 10.3. The van der Waals surface area contributed by atoms with Crippen LogP contribution < -0.4 is 5.32 Å². The zero-order valence-corrected chi connectivity index (χ0v) is 9.54. The molecule has 0 radical (unpaired) electrons. The fourth-order valence-electron chi connectivity index (χ4n) is 2.39. The van der Waals surface area contributed by atoms with Crippen molar-refractivity contribution in [2.45, 2.75) is 57.3 Å². The van der Waals surface area contributed by atoms with Crippen LogP contribution in [0.15, 0.2) is 0 Å². The van der Waals surface area contributed by atoms with Crippen LogP contribution in [0.4, 0.5) is 0 Å². The van der Waals surface area contributed by atoms with Crippen molar-refractivity contribution < 1.29 is 9.47 Å². The molecular weight excluding hydrogens is 190 g/mol. The van der Waals surface area contributed by atoms with Gasteiger partial charge in [0.2, 0.25) is 0 Å². The molecule has 2 atom stereocenters. The van der Waals surface area contributed by atoms with Crippen LogP contribution in [0.1, 0.15) is 44.9 Å². The molecule has 2 fully saturated rings. The van der Waals surface area contributed by atoms with Crippen LogP contribution >= 0.6 is 0 Å². The molecule has 0 aromatic carbocycles. The van der Waals surface area contributed by atoms with E-state index in [2.05, 4.69) is 5.32 Å². The Labute approximate surface area is 92.5 Å². The largest absolute Gasteiger partial charge is 0.353 e. The molecule has 0 saturated carbocycles. The van der Waals surface area contributed by atoms with Crippen molar-refractivity contribution in [3.05, 3.63) is 0 Å². The van der Waals surface area contributed by atoms with E-state index in [1.165, 1.54) is 38.6 Å². The molecule has 0 bridgehead atoms. The highest BCUT2D eigenvalue weighted by molar-refractivity contribution is 4.73. The minimum absolute atomic E-state index is 0.0929. The number of nitrogens with one attached hydrogen (secondary N) is 1. The maximum absolute atomic E-state index is 5.69. The summed E-state index contributed by atoms with van der Waals surface area (Å²) in [7, 11) is 0. The summed E-state index contributed by atoms with van der Waals surface area (Å²) in [6.45, 7) is 2.95. The van der Waals surface area contributed by atoms with Gasteiger partial charge in [0.25, 0.3) is 0 Å². The predicted octanol–water partition coefficient (Wildman–Crippen LogP) is 2.06. The van der Waals surface area contributed by atoms with Crippen LogP contribution in [-0.2, 0) is 9.47 Å². The van der Waals surface area contributed by atoms with Gasteiger partial charge in [-0.2, -0.15) is 0 Å². The average Bonchev–Trinajstić information content (AvgIpc) is 2.79. The maximum atomic E-state index is 5.69. The SMILES string of the molecule is C1CCC(OCCCC2CCCN2)OC1. The van der Waals surface area contributed by atoms with Crippen molar-refractivity contribution in [3.63, 3.8) is 0 Å². The van der Waals surface area contributed by atoms with Crippen LogP contribution in [0.25, 0.3) is 0 Å². The van der Waals surface area contributed by atoms with Gasteiger partial charge in [0.1, 0.15) is 0 Å². The molecule has 2 heterocycles. The Kier molecular flexibility index (Phi) is 4.90. The third kappa shape index (κ3) is 4.09. The number of hydrogen-bond acceptors (Lipinski definition) is 3.